The zero-order valence-corrected chi connectivity index (χ0v) is 16.4. The van der Waals surface area contributed by atoms with E-state index in [0.717, 1.165) is 25.2 Å². The number of hydrogen-bond donors (Lipinski definition) is 1. The van der Waals surface area contributed by atoms with Crippen molar-refractivity contribution >= 4 is 17.5 Å². The molecule has 146 valence electrons. The Bertz CT molecular complexity index is 740. The van der Waals surface area contributed by atoms with Crippen molar-refractivity contribution in [1.29, 1.82) is 0 Å². The maximum Gasteiger partial charge on any atom is 0.257 e. The minimum Gasteiger partial charge on any atom is -0.493 e. The molecule has 0 aliphatic rings. The van der Waals surface area contributed by atoms with Crippen LogP contribution in [0.1, 0.15) is 30.1 Å². The quantitative estimate of drug-likeness (QED) is 0.722. The molecule has 1 amide bonds. The molecule has 0 bridgehead atoms. The molecule has 0 fully saturated rings. The normalized spacial score (nSPS) is 10.3. The highest BCUT2D eigenvalue weighted by molar-refractivity contribution is 6.04. The minimum absolute atomic E-state index is 0.351. The molecule has 1 aromatic carbocycles. The summed E-state index contributed by atoms with van der Waals surface area (Å²) in [6.45, 7) is 3.05. The number of benzene rings is 1. The van der Waals surface area contributed by atoms with E-state index in [1.807, 2.05) is 18.0 Å². The van der Waals surface area contributed by atoms with Crippen molar-refractivity contribution in [1.82, 2.24) is 10.2 Å². The van der Waals surface area contributed by atoms with Crippen LogP contribution in [0.2, 0.25) is 0 Å². The standard InChI is InChI=1S/C19H26N4O4/c1-6-7-10-23(2)17-9-8-16(21-22-17)20-19(24)13-11-14(25-3)18(27-5)15(12-13)26-4/h8-9,11-12H,6-7,10H2,1-5H3,(H,20,21,24). The highest BCUT2D eigenvalue weighted by atomic mass is 16.5. The summed E-state index contributed by atoms with van der Waals surface area (Å²) in [4.78, 5) is 14.6. The summed E-state index contributed by atoms with van der Waals surface area (Å²) in [5.74, 6) is 2.00. The Labute approximate surface area is 159 Å². The molecule has 0 atom stereocenters. The van der Waals surface area contributed by atoms with Crippen LogP contribution in [0.5, 0.6) is 17.2 Å². The van der Waals surface area contributed by atoms with Gasteiger partial charge in [-0.25, -0.2) is 0 Å². The van der Waals surface area contributed by atoms with E-state index in [4.69, 9.17) is 14.2 Å². The second kappa shape index (κ2) is 9.61. The first-order valence-electron chi connectivity index (χ1n) is 8.70. The van der Waals surface area contributed by atoms with Gasteiger partial charge in [-0.15, -0.1) is 10.2 Å². The molecule has 0 saturated heterocycles. The molecule has 0 spiro atoms. The maximum atomic E-state index is 12.6. The van der Waals surface area contributed by atoms with Crippen LogP contribution in [0.25, 0.3) is 0 Å². The number of nitrogens with zero attached hydrogens (tertiary/aromatic N) is 3. The van der Waals surface area contributed by atoms with Gasteiger partial charge in [-0.05, 0) is 30.7 Å². The lowest BCUT2D eigenvalue weighted by Crippen LogP contribution is -2.20. The molecule has 1 aromatic heterocycles. The van der Waals surface area contributed by atoms with Crippen LogP contribution >= 0.6 is 0 Å². The van der Waals surface area contributed by atoms with Gasteiger partial charge in [0.05, 0.1) is 21.3 Å². The molecule has 0 aliphatic carbocycles. The van der Waals surface area contributed by atoms with Gasteiger partial charge in [-0.2, -0.15) is 0 Å². The SMILES string of the molecule is CCCCN(C)c1ccc(NC(=O)c2cc(OC)c(OC)c(OC)c2)nn1. The topological polar surface area (TPSA) is 85.8 Å². The first-order chi connectivity index (χ1) is 13.0. The van der Waals surface area contributed by atoms with Gasteiger partial charge < -0.3 is 24.4 Å². The van der Waals surface area contributed by atoms with Crippen molar-refractivity contribution in [3.63, 3.8) is 0 Å². The van der Waals surface area contributed by atoms with Gasteiger partial charge in [-0.1, -0.05) is 13.3 Å². The molecular weight excluding hydrogens is 348 g/mol. The minimum atomic E-state index is -0.351. The number of amides is 1. The number of methoxy groups -OCH3 is 3. The van der Waals surface area contributed by atoms with Crippen LogP contribution in [0.3, 0.4) is 0 Å². The summed E-state index contributed by atoms with van der Waals surface area (Å²) in [5, 5.41) is 11.0. The largest absolute Gasteiger partial charge is 0.493 e. The summed E-state index contributed by atoms with van der Waals surface area (Å²) in [6, 6.07) is 6.71. The highest BCUT2D eigenvalue weighted by Crippen LogP contribution is 2.38. The van der Waals surface area contributed by atoms with Gasteiger partial charge in [0.2, 0.25) is 5.75 Å². The molecule has 0 radical (unpaired) electrons. The molecule has 8 heteroatoms. The van der Waals surface area contributed by atoms with Gasteiger partial charge in [0, 0.05) is 19.2 Å². The third-order valence-electron chi connectivity index (χ3n) is 4.06. The average Bonchev–Trinajstić information content (AvgIpc) is 2.71. The van der Waals surface area contributed by atoms with Crippen molar-refractivity contribution in [2.75, 3.05) is 45.1 Å². The Morgan fingerprint density at radius 2 is 1.74 bits per heavy atom. The van der Waals surface area contributed by atoms with Crippen LogP contribution in [-0.4, -0.2) is 51.0 Å². The number of aromatic nitrogens is 2. The van der Waals surface area contributed by atoms with E-state index in [1.165, 1.54) is 21.3 Å². The predicted octanol–water partition coefficient (Wildman–Crippen LogP) is 2.99. The van der Waals surface area contributed by atoms with E-state index >= 15 is 0 Å². The summed E-state index contributed by atoms with van der Waals surface area (Å²) >= 11 is 0. The van der Waals surface area contributed by atoms with Gasteiger partial charge in [0.1, 0.15) is 0 Å². The molecule has 27 heavy (non-hydrogen) atoms. The van der Waals surface area contributed by atoms with Crippen LogP contribution in [0.15, 0.2) is 24.3 Å². The van der Waals surface area contributed by atoms with Gasteiger partial charge in [0.25, 0.3) is 5.91 Å². The Balaban J connectivity index is 2.15. The predicted molar refractivity (Wildman–Crippen MR) is 104 cm³/mol. The average molecular weight is 374 g/mol. The molecule has 1 heterocycles. The molecule has 0 saturated carbocycles. The number of unbranched alkanes of at least 4 members (excludes halogenated alkanes) is 1. The number of nitrogens with one attached hydrogen (secondary N) is 1. The fourth-order valence-electron chi connectivity index (χ4n) is 2.51. The molecule has 2 aromatic rings. The third-order valence-corrected chi connectivity index (χ3v) is 4.06. The molecule has 0 unspecified atom stereocenters. The second-order valence-corrected chi connectivity index (χ2v) is 5.92. The van der Waals surface area contributed by atoms with Crippen LogP contribution < -0.4 is 24.4 Å². The number of carbonyl (C=O) groups is 1. The van der Waals surface area contributed by atoms with Crippen molar-refractivity contribution in [2.24, 2.45) is 0 Å². The van der Waals surface area contributed by atoms with Gasteiger partial charge in [-0.3, -0.25) is 4.79 Å². The van der Waals surface area contributed by atoms with E-state index in [2.05, 4.69) is 22.4 Å². The Kier molecular flexibility index (Phi) is 7.22. The molecular formula is C19H26N4O4. The summed E-state index contributed by atoms with van der Waals surface area (Å²) < 4.78 is 15.8. The smallest absolute Gasteiger partial charge is 0.257 e. The number of hydrogen-bond acceptors (Lipinski definition) is 7. The lowest BCUT2D eigenvalue weighted by Gasteiger charge is -2.17. The van der Waals surface area contributed by atoms with Crippen molar-refractivity contribution < 1.29 is 19.0 Å². The van der Waals surface area contributed by atoms with Crippen molar-refractivity contribution in [3.8, 4) is 17.2 Å². The van der Waals surface area contributed by atoms with Gasteiger partial charge >= 0.3 is 0 Å². The number of ether oxygens (including phenoxy) is 3. The molecule has 1 N–H and O–H groups in total. The zero-order valence-electron chi connectivity index (χ0n) is 16.4. The summed E-state index contributed by atoms with van der Waals surface area (Å²) in [7, 11) is 6.47. The monoisotopic (exact) mass is 374 g/mol. The Morgan fingerprint density at radius 3 is 2.22 bits per heavy atom. The summed E-state index contributed by atoms with van der Waals surface area (Å²) in [5.41, 5.74) is 0.357. The fourth-order valence-corrected chi connectivity index (χ4v) is 2.51. The van der Waals surface area contributed by atoms with Crippen LogP contribution in [0, 0.1) is 0 Å². The van der Waals surface area contributed by atoms with E-state index in [9.17, 15) is 4.79 Å². The molecule has 0 aliphatic heterocycles. The summed E-state index contributed by atoms with van der Waals surface area (Å²) in [6.07, 6.45) is 2.19. The van der Waals surface area contributed by atoms with Crippen LogP contribution in [0.4, 0.5) is 11.6 Å². The number of carbonyl (C=O) groups excluding carboxylic acids is 1. The Morgan fingerprint density at radius 1 is 1.07 bits per heavy atom. The lowest BCUT2D eigenvalue weighted by molar-refractivity contribution is 0.102. The third kappa shape index (κ3) is 4.99. The van der Waals surface area contributed by atoms with Gasteiger partial charge in [0.15, 0.2) is 23.1 Å². The van der Waals surface area contributed by atoms with Crippen LogP contribution in [-0.2, 0) is 0 Å². The molecule has 8 nitrogen and oxygen atoms in total. The van der Waals surface area contributed by atoms with Crippen molar-refractivity contribution in [2.45, 2.75) is 19.8 Å². The first kappa shape index (κ1) is 20.3. The van der Waals surface area contributed by atoms with E-state index in [-0.39, 0.29) is 5.91 Å². The lowest BCUT2D eigenvalue weighted by atomic mass is 10.1. The van der Waals surface area contributed by atoms with E-state index < -0.39 is 0 Å². The zero-order chi connectivity index (χ0) is 19.8. The fraction of sp³-hybridized carbons (Fsp3) is 0.421. The first-order valence-corrected chi connectivity index (χ1v) is 8.70. The maximum absolute atomic E-state index is 12.6. The van der Waals surface area contributed by atoms with E-state index in [0.29, 0.717) is 28.6 Å². The Hall–Kier alpha value is -3.03. The number of rotatable bonds is 9. The van der Waals surface area contributed by atoms with Crippen molar-refractivity contribution in [3.05, 3.63) is 29.8 Å². The molecule has 2 rings (SSSR count). The second-order valence-electron chi connectivity index (χ2n) is 5.92. The highest BCUT2D eigenvalue weighted by Gasteiger charge is 2.17. The number of anilines is 2. The van der Waals surface area contributed by atoms with E-state index in [1.54, 1.807) is 18.2 Å².